The highest BCUT2D eigenvalue weighted by atomic mass is 16.5. The Labute approximate surface area is 125 Å². The van der Waals surface area contributed by atoms with Gasteiger partial charge in [-0.15, -0.1) is 0 Å². The molecular weight excluding hydrogens is 264 g/mol. The number of benzene rings is 2. The largest absolute Gasteiger partial charge is 0.489 e. The maximum absolute atomic E-state index is 11.7. The van der Waals surface area contributed by atoms with Crippen molar-refractivity contribution in [3.63, 3.8) is 0 Å². The van der Waals surface area contributed by atoms with Crippen LogP contribution in [0.4, 0.5) is 0 Å². The van der Waals surface area contributed by atoms with Gasteiger partial charge < -0.3 is 9.47 Å². The summed E-state index contributed by atoms with van der Waals surface area (Å²) >= 11 is 0. The molecule has 0 fully saturated rings. The van der Waals surface area contributed by atoms with Crippen molar-refractivity contribution >= 4 is 5.97 Å². The van der Waals surface area contributed by atoms with Crippen LogP contribution < -0.4 is 4.74 Å². The second-order valence-corrected chi connectivity index (χ2v) is 5.13. The Morgan fingerprint density at radius 1 is 1.05 bits per heavy atom. The topological polar surface area (TPSA) is 35.5 Å². The summed E-state index contributed by atoms with van der Waals surface area (Å²) in [5.41, 5.74) is 2.53. The van der Waals surface area contributed by atoms with E-state index in [-0.39, 0.29) is 5.97 Å². The van der Waals surface area contributed by atoms with Crippen LogP contribution in [0.3, 0.4) is 0 Å². The lowest BCUT2D eigenvalue weighted by molar-refractivity contribution is 0.0597. The summed E-state index contributed by atoms with van der Waals surface area (Å²) < 4.78 is 10.7. The average molecular weight is 284 g/mol. The number of carbonyl (C=O) groups is 1. The predicted octanol–water partition coefficient (Wildman–Crippen LogP) is 4.18. The van der Waals surface area contributed by atoms with Gasteiger partial charge >= 0.3 is 5.97 Å². The van der Waals surface area contributed by atoms with Crippen LogP contribution in [-0.4, -0.2) is 13.1 Å². The molecule has 2 aromatic carbocycles. The Hall–Kier alpha value is -2.29. The minimum atomic E-state index is -0.341. The van der Waals surface area contributed by atoms with Gasteiger partial charge in [-0.1, -0.05) is 50.2 Å². The molecule has 21 heavy (non-hydrogen) atoms. The van der Waals surface area contributed by atoms with Crippen molar-refractivity contribution in [2.45, 2.75) is 26.4 Å². The smallest absolute Gasteiger partial charge is 0.338 e. The normalized spacial score (nSPS) is 10.5. The number of esters is 1. The molecule has 0 amide bonds. The Kier molecular flexibility index (Phi) is 4.99. The number of para-hydroxylation sites is 1. The molecule has 2 aromatic rings. The van der Waals surface area contributed by atoms with Crippen LogP contribution in [0.5, 0.6) is 5.75 Å². The van der Waals surface area contributed by atoms with Crippen LogP contribution in [0, 0.1) is 0 Å². The van der Waals surface area contributed by atoms with Crippen LogP contribution in [0.2, 0.25) is 0 Å². The van der Waals surface area contributed by atoms with E-state index in [2.05, 4.69) is 19.9 Å². The summed E-state index contributed by atoms with van der Waals surface area (Å²) in [6.45, 7) is 4.60. The second-order valence-electron chi connectivity index (χ2n) is 5.13. The first kappa shape index (κ1) is 15.1. The molecule has 0 atom stereocenters. The molecule has 3 nitrogen and oxygen atoms in total. The highest BCUT2D eigenvalue weighted by molar-refractivity contribution is 5.90. The summed E-state index contributed by atoms with van der Waals surface area (Å²) in [7, 11) is 1.38. The van der Waals surface area contributed by atoms with Gasteiger partial charge in [0, 0.05) is 5.56 Å². The zero-order chi connectivity index (χ0) is 15.2. The SMILES string of the molecule is COC(=O)c1ccccc1COc1ccccc1C(C)C. The van der Waals surface area contributed by atoms with Crippen molar-refractivity contribution in [3.05, 3.63) is 65.2 Å². The van der Waals surface area contributed by atoms with E-state index in [4.69, 9.17) is 9.47 Å². The van der Waals surface area contributed by atoms with Gasteiger partial charge in [0.25, 0.3) is 0 Å². The number of carbonyl (C=O) groups excluding carboxylic acids is 1. The Morgan fingerprint density at radius 3 is 2.43 bits per heavy atom. The van der Waals surface area contributed by atoms with Crippen LogP contribution in [0.25, 0.3) is 0 Å². The zero-order valence-corrected chi connectivity index (χ0v) is 12.6. The lowest BCUT2D eigenvalue weighted by Crippen LogP contribution is -2.08. The van der Waals surface area contributed by atoms with E-state index in [0.29, 0.717) is 18.1 Å². The quantitative estimate of drug-likeness (QED) is 0.773. The number of rotatable bonds is 5. The number of hydrogen-bond donors (Lipinski definition) is 0. The molecular formula is C18H20O3. The van der Waals surface area contributed by atoms with Gasteiger partial charge in [0.05, 0.1) is 12.7 Å². The van der Waals surface area contributed by atoms with E-state index in [1.165, 1.54) is 7.11 Å². The molecule has 0 saturated carbocycles. The maximum Gasteiger partial charge on any atom is 0.338 e. The third kappa shape index (κ3) is 3.63. The minimum absolute atomic E-state index is 0.341. The fraction of sp³-hybridized carbons (Fsp3) is 0.278. The van der Waals surface area contributed by atoms with Crippen molar-refractivity contribution < 1.29 is 14.3 Å². The molecule has 0 N–H and O–H groups in total. The number of hydrogen-bond acceptors (Lipinski definition) is 3. The first-order valence-corrected chi connectivity index (χ1v) is 7.01. The fourth-order valence-electron chi connectivity index (χ4n) is 2.20. The molecule has 0 radical (unpaired) electrons. The van der Waals surface area contributed by atoms with Gasteiger partial charge in [0.2, 0.25) is 0 Å². The summed E-state index contributed by atoms with van der Waals surface area (Å²) in [6.07, 6.45) is 0. The van der Waals surface area contributed by atoms with E-state index >= 15 is 0 Å². The molecule has 3 heteroatoms. The zero-order valence-electron chi connectivity index (χ0n) is 12.6. The highest BCUT2D eigenvalue weighted by Crippen LogP contribution is 2.27. The first-order valence-electron chi connectivity index (χ1n) is 7.01. The molecule has 0 bridgehead atoms. The summed E-state index contributed by atoms with van der Waals surface area (Å²) in [5, 5.41) is 0. The van der Waals surface area contributed by atoms with Crippen LogP contribution in [0.15, 0.2) is 48.5 Å². The third-order valence-corrected chi connectivity index (χ3v) is 3.35. The van der Waals surface area contributed by atoms with Gasteiger partial charge in [-0.25, -0.2) is 4.79 Å². The van der Waals surface area contributed by atoms with Crippen molar-refractivity contribution in [1.82, 2.24) is 0 Å². The summed E-state index contributed by atoms with van der Waals surface area (Å²) in [5.74, 6) is 0.899. The van der Waals surface area contributed by atoms with E-state index in [1.807, 2.05) is 36.4 Å². The van der Waals surface area contributed by atoms with E-state index in [9.17, 15) is 4.79 Å². The molecule has 110 valence electrons. The minimum Gasteiger partial charge on any atom is -0.489 e. The van der Waals surface area contributed by atoms with Gasteiger partial charge in [-0.2, -0.15) is 0 Å². The lowest BCUT2D eigenvalue weighted by atomic mass is 10.0. The Balaban J connectivity index is 2.20. The molecule has 0 unspecified atom stereocenters. The standard InChI is InChI=1S/C18H20O3/c1-13(2)15-9-6-7-11-17(15)21-12-14-8-4-5-10-16(14)18(19)20-3/h4-11,13H,12H2,1-3H3. The highest BCUT2D eigenvalue weighted by Gasteiger charge is 2.12. The number of ether oxygens (including phenoxy) is 2. The van der Waals surface area contributed by atoms with Gasteiger partial charge in [-0.05, 0) is 23.6 Å². The van der Waals surface area contributed by atoms with Gasteiger partial charge in [0.15, 0.2) is 0 Å². The number of methoxy groups -OCH3 is 1. The van der Waals surface area contributed by atoms with Crippen molar-refractivity contribution in [2.24, 2.45) is 0 Å². The molecule has 0 aliphatic rings. The van der Waals surface area contributed by atoms with Gasteiger partial charge in [0.1, 0.15) is 12.4 Å². The van der Waals surface area contributed by atoms with Gasteiger partial charge in [-0.3, -0.25) is 0 Å². The monoisotopic (exact) mass is 284 g/mol. The van der Waals surface area contributed by atoms with E-state index < -0.39 is 0 Å². The molecule has 0 aliphatic heterocycles. The molecule has 0 spiro atoms. The van der Waals surface area contributed by atoms with Crippen LogP contribution >= 0.6 is 0 Å². The Morgan fingerprint density at radius 2 is 1.71 bits per heavy atom. The molecule has 0 aromatic heterocycles. The molecule has 0 aliphatic carbocycles. The van der Waals surface area contributed by atoms with Crippen LogP contribution in [-0.2, 0) is 11.3 Å². The Bertz CT molecular complexity index is 617. The third-order valence-electron chi connectivity index (χ3n) is 3.35. The maximum atomic E-state index is 11.7. The molecule has 2 rings (SSSR count). The van der Waals surface area contributed by atoms with Crippen molar-refractivity contribution in [1.29, 1.82) is 0 Å². The lowest BCUT2D eigenvalue weighted by Gasteiger charge is -2.15. The second kappa shape index (κ2) is 6.93. The van der Waals surface area contributed by atoms with Crippen LogP contribution in [0.1, 0.15) is 41.3 Å². The van der Waals surface area contributed by atoms with Crippen molar-refractivity contribution in [3.8, 4) is 5.75 Å². The van der Waals surface area contributed by atoms with Crippen molar-refractivity contribution in [2.75, 3.05) is 7.11 Å². The first-order chi connectivity index (χ1) is 10.1. The summed E-state index contributed by atoms with van der Waals surface area (Å²) in [4.78, 5) is 11.7. The fourth-order valence-corrected chi connectivity index (χ4v) is 2.20. The van der Waals surface area contributed by atoms with E-state index in [0.717, 1.165) is 16.9 Å². The predicted molar refractivity (Wildman–Crippen MR) is 82.6 cm³/mol. The summed E-state index contributed by atoms with van der Waals surface area (Å²) in [6, 6.07) is 15.3. The molecule has 0 heterocycles. The molecule has 0 saturated heterocycles. The van der Waals surface area contributed by atoms with E-state index in [1.54, 1.807) is 6.07 Å². The average Bonchev–Trinajstić information content (AvgIpc) is 2.52.